The van der Waals surface area contributed by atoms with Crippen LogP contribution in [0.5, 0.6) is 0 Å². The van der Waals surface area contributed by atoms with Crippen LogP contribution in [0, 0.1) is 0 Å². The van der Waals surface area contributed by atoms with Crippen LogP contribution in [0.15, 0.2) is 12.2 Å². The van der Waals surface area contributed by atoms with E-state index in [4.69, 9.17) is 9.84 Å². The van der Waals surface area contributed by atoms with Crippen LogP contribution in [-0.4, -0.2) is 29.6 Å². The van der Waals surface area contributed by atoms with Crippen molar-refractivity contribution in [2.24, 2.45) is 0 Å². The first kappa shape index (κ1) is 8.93. The van der Waals surface area contributed by atoms with Gasteiger partial charge in [-0.15, -0.1) is 0 Å². The maximum atomic E-state index is 10.6. The summed E-state index contributed by atoms with van der Waals surface area (Å²) >= 11 is 0. The minimum Gasteiger partial charge on any atom is -0.475 e. The smallest absolute Gasteiger partial charge is 0.376 e. The Morgan fingerprint density at radius 3 is 2.75 bits per heavy atom. The topological polar surface area (TPSA) is 63.6 Å². The third-order valence-corrected chi connectivity index (χ3v) is 1.64. The SMILES string of the molecule is O=C(O)C(=O)/C=C/C1CCCO1. The van der Waals surface area contributed by atoms with Crippen molar-refractivity contribution < 1.29 is 19.4 Å². The summed E-state index contributed by atoms with van der Waals surface area (Å²) in [4.78, 5) is 20.6. The summed E-state index contributed by atoms with van der Waals surface area (Å²) in [7, 11) is 0. The first-order valence-electron chi connectivity index (χ1n) is 3.77. The average Bonchev–Trinajstić information content (AvgIpc) is 2.51. The molecule has 0 bridgehead atoms. The third kappa shape index (κ3) is 2.47. The van der Waals surface area contributed by atoms with Crippen molar-refractivity contribution in [3.8, 4) is 0 Å². The summed E-state index contributed by atoms with van der Waals surface area (Å²) < 4.78 is 5.15. The number of carboxylic acid groups (broad SMARTS) is 1. The first-order valence-corrected chi connectivity index (χ1v) is 3.77. The molecule has 4 heteroatoms. The Balaban J connectivity index is 2.38. The number of aliphatic carboxylic acids is 1. The lowest BCUT2D eigenvalue weighted by Gasteiger charge is -1.99. The number of carboxylic acids is 1. The number of hydrogen-bond acceptors (Lipinski definition) is 3. The zero-order valence-corrected chi connectivity index (χ0v) is 6.53. The molecule has 0 radical (unpaired) electrons. The largest absolute Gasteiger partial charge is 0.475 e. The van der Waals surface area contributed by atoms with Crippen molar-refractivity contribution >= 4 is 11.8 Å². The highest BCUT2D eigenvalue weighted by Gasteiger charge is 2.13. The van der Waals surface area contributed by atoms with Gasteiger partial charge in [0.15, 0.2) is 0 Å². The molecule has 0 spiro atoms. The normalized spacial score (nSPS) is 23.2. The molecule has 66 valence electrons. The van der Waals surface area contributed by atoms with Gasteiger partial charge >= 0.3 is 5.97 Å². The summed E-state index contributed by atoms with van der Waals surface area (Å²) in [6.45, 7) is 0.691. The predicted molar refractivity (Wildman–Crippen MR) is 40.8 cm³/mol. The molecular formula is C8H10O4. The zero-order valence-electron chi connectivity index (χ0n) is 6.53. The molecule has 1 aliphatic heterocycles. The molecule has 0 amide bonds. The lowest BCUT2D eigenvalue weighted by molar-refractivity contribution is -0.146. The van der Waals surface area contributed by atoms with E-state index in [1.54, 1.807) is 0 Å². The van der Waals surface area contributed by atoms with Gasteiger partial charge < -0.3 is 9.84 Å². The van der Waals surface area contributed by atoms with E-state index in [9.17, 15) is 9.59 Å². The van der Waals surface area contributed by atoms with Gasteiger partial charge in [0.25, 0.3) is 5.78 Å². The van der Waals surface area contributed by atoms with Crippen LogP contribution in [0.4, 0.5) is 0 Å². The molecule has 1 fully saturated rings. The second kappa shape index (κ2) is 4.01. The standard InChI is InChI=1S/C8H10O4/c9-7(8(10)11)4-3-6-2-1-5-12-6/h3-4,6H,1-2,5H2,(H,10,11)/b4-3+. The van der Waals surface area contributed by atoms with Crippen LogP contribution in [0.2, 0.25) is 0 Å². The van der Waals surface area contributed by atoms with E-state index in [2.05, 4.69) is 0 Å². The first-order chi connectivity index (χ1) is 5.70. The molecule has 0 saturated carbocycles. The molecule has 0 aromatic rings. The van der Waals surface area contributed by atoms with Gasteiger partial charge in [-0.3, -0.25) is 4.79 Å². The highest BCUT2D eigenvalue weighted by Crippen LogP contribution is 2.12. The molecule has 1 N–H and O–H groups in total. The Bertz CT molecular complexity index is 213. The minimum atomic E-state index is -1.43. The van der Waals surface area contributed by atoms with Gasteiger partial charge in [-0.25, -0.2) is 4.79 Å². The summed E-state index contributed by atoms with van der Waals surface area (Å²) in [5.41, 5.74) is 0. The fourth-order valence-electron chi connectivity index (χ4n) is 1.02. The second-order valence-corrected chi connectivity index (χ2v) is 2.58. The number of rotatable bonds is 3. The summed E-state index contributed by atoms with van der Waals surface area (Å²) in [6.07, 6.45) is 4.31. The summed E-state index contributed by atoms with van der Waals surface area (Å²) in [6, 6.07) is 0. The van der Waals surface area contributed by atoms with E-state index in [1.807, 2.05) is 0 Å². The van der Waals surface area contributed by atoms with Crippen LogP contribution in [0.3, 0.4) is 0 Å². The van der Waals surface area contributed by atoms with Crippen LogP contribution in [0.25, 0.3) is 0 Å². The monoisotopic (exact) mass is 170 g/mol. The maximum Gasteiger partial charge on any atom is 0.376 e. The van der Waals surface area contributed by atoms with Crippen molar-refractivity contribution in [1.82, 2.24) is 0 Å². The van der Waals surface area contributed by atoms with Crippen LogP contribution >= 0.6 is 0 Å². The van der Waals surface area contributed by atoms with Crippen molar-refractivity contribution in [1.29, 1.82) is 0 Å². The highest BCUT2D eigenvalue weighted by molar-refractivity contribution is 6.37. The number of carbonyl (C=O) groups is 2. The number of ether oxygens (including phenoxy) is 1. The van der Waals surface area contributed by atoms with E-state index >= 15 is 0 Å². The molecule has 1 saturated heterocycles. The Morgan fingerprint density at radius 2 is 2.25 bits per heavy atom. The van der Waals surface area contributed by atoms with E-state index in [0.717, 1.165) is 18.9 Å². The molecular weight excluding hydrogens is 160 g/mol. The third-order valence-electron chi connectivity index (χ3n) is 1.64. The molecule has 1 unspecified atom stereocenters. The summed E-state index contributed by atoms with van der Waals surface area (Å²) in [5, 5.41) is 8.21. The number of ketones is 1. The Hall–Kier alpha value is -1.16. The predicted octanol–water partition coefficient (Wildman–Crippen LogP) is 0.375. The fourth-order valence-corrected chi connectivity index (χ4v) is 1.02. The average molecular weight is 170 g/mol. The number of hydrogen-bond donors (Lipinski definition) is 1. The van der Waals surface area contributed by atoms with Crippen LogP contribution in [-0.2, 0) is 14.3 Å². The van der Waals surface area contributed by atoms with Crippen molar-refractivity contribution in [2.75, 3.05) is 6.61 Å². The lowest BCUT2D eigenvalue weighted by Crippen LogP contribution is -2.10. The van der Waals surface area contributed by atoms with Gasteiger partial charge in [0.1, 0.15) is 0 Å². The molecule has 0 aromatic heterocycles. The van der Waals surface area contributed by atoms with Crippen LogP contribution in [0.1, 0.15) is 12.8 Å². The fraction of sp³-hybridized carbons (Fsp3) is 0.500. The van der Waals surface area contributed by atoms with Crippen molar-refractivity contribution in [3.63, 3.8) is 0 Å². The van der Waals surface area contributed by atoms with Gasteiger partial charge in [0, 0.05) is 6.61 Å². The quantitative estimate of drug-likeness (QED) is 0.491. The molecule has 0 aromatic carbocycles. The molecule has 1 atom stereocenters. The Kier molecular flexibility index (Phi) is 2.99. The van der Waals surface area contributed by atoms with Gasteiger partial charge in [0.05, 0.1) is 6.10 Å². The molecule has 0 aliphatic carbocycles. The van der Waals surface area contributed by atoms with E-state index in [0.29, 0.717) is 6.61 Å². The zero-order chi connectivity index (χ0) is 8.97. The van der Waals surface area contributed by atoms with E-state index < -0.39 is 11.8 Å². The minimum absolute atomic E-state index is 0.0756. The van der Waals surface area contributed by atoms with Gasteiger partial charge in [-0.2, -0.15) is 0 Å². The summed E-state index contributed by atoms with van der Waals surface area (Å²) in [5.74, 6) is -2.32. The molecule has 12 heavy (non-hydrogen) atoms. The van der Waals surface area contributed by atoms with Crippen molar-refractivity contribution in [3.05, 3.63) is 12.2 Å². The molecule has 1 rings (SSSR count). The number of carbonyl (C=O) groups excluding carboxylic acids is 1. The molecule has 1 aliphatic rings. The van der Waals surface area contributed by atoms with Crippen LogP contribution < -0.4 is 0 Å². The Morgan fingerprint density at radius 1 is 1.50 bits per heavy atom. The van der Waals surface area contributed by atoms with Gasteiger partial charge in [0.2, 0.25) is 0 Å². The lowest BCUT2D eigenvalue weighted by atomic mass is 10.2. The van der Waals surface area contributed by atoms with Crippen molar-refractivity contribution in [2.45, 2.75) is 18.9 Å². The highest BCUT2D eigenvalue weighted by atomic mass is 16.5. The van der Waals surface area contributed by atoms with Gasteiger partial charge in [-0.05, 0) is 18.9 Å². The Labute approximate surface area is 69.8 Å². The second-order valence-electron chi connectivity index (χ2n) is 2.58. The van der Waals surface area contributed by atoms with E-state index in [1.165, 1.54) is 6.08 Å². The molecule has 4 nitrogen and oxygen atoms in total. The maximum absolute atomic E-state index is 10.6. The molecule has 1 heterocycles. The van der Waals surface area contributed by atoms with E-state index in [-0.39, 0.29) is 6.10 Å². The van der Waals surface area contributed by atoms with Gasteiger partial charge in [-0.1, -0.05) is 6.08 Å².